The lowest BCUT2D eigenvalue weighted by atomic mass is 10.2. The summed E-state index contributed by atoms with van der Waals surface area (Å²) >= 11 is 0. The molecule has 61 valence electrons. The summed E-state index contributed by atoms with van der Waals surface area (Å²) in [6.45, 7) is 0. The van der Waals surface area contributed by atoms with Crippen LogP contribution < -0.4 is 0 Å². The van der Waals surface area contributed by atoms with Crippen LogP contribution >= 0.6 is 0 Å². The SMILES string of the molecule is F[C](F)CC(F)(F)C(F)F. The van der Waals surface area contributed by atoms with E-state index in [-0.39, 0.29) is 0 Å². The van der Waals surface area contributed by atoms with Gasteiger partial charge in [-0.3, -0.25) is 0 Å². The first kappa shape index (κ1) is 9.58. The molecule has 0 heterocycles. The molecule has 0 saturated heterocycles. The maximum absolute atomic E-state index is 11.5. The Labute approximate surface area is 52.8 Å². The molecule has 0 aromatic heterocycles. The largest absolute Gasteiger partial charge is 0.316 e. The zero-order valence-electron chi connectivity index (χ0n) is 4.55. The van der Waals surface area contributed by atoms with E-state index in [1.807, 2.05) is 0 Å². The van der Waals surface area contributed by atoms with Crippen LogP contribution in [0.1, 0.15) is 6.42 Å². The molecule has 0 aromatic carbocycles. The summed E-state index contributed by atoms with van der Waals surface area (Å²) in [5, 5.41) is 0. The van der Waals surface area contributed by atoms with Gasteiger partial charge in [0, 0.05) is 0 Å². The van der Waals surface area contributed by atoms with Gasteiger partial charge in [-0.05, 0) is 0 Å². The number of halogens is 6. The molecule has 0 aliphatic rings. The number of hydrogen-bond donors (Lipinski definition) is 0. The number of hydrogen-bond acceptors (Lipinski definition) is 0. The molecular formula is C4H3F6. The minimum Gasteiger partial charge on any atom is -0.204 e. The summed E-state index contributed by atoms with van der Waals surface area (Å²) < 4.78 is 67.2. The number of rotatable bonds is 3. The third-order valence-corrected chi connectivity index (χ3v) is 0.689. The standard InChI is InChI=1S/C4H3F6/c5-2(6)1-4(9,10)3(7)8/h3H,1H2. The molecule has 0 atom stereocenters. The van der Waals surface area contributed by atoms with E-state index < -0.39 is 25.2 Å². The zero-order chi connectivity index (χ0) is 8.36. The Bertz CT molecular complexity index is 97.9. The first-order valence-corrected chi connectivity index (χ1v) is 2.19. The predicted molar refractivity (Wildman–Crippen MR) is 21.0 cm³/mol. The van der Waals surface area contributed by atoms with Crippen molar-refractivity contribution in [3.05, 3.63) is 6.43 Å². The lowest BCUT2D eigenvalue weighted by Gasteiger charge is -2.12. The Hall–Kier alpha value is -0.420. The Morgan fingerprint density at radius 1 is 1.20 bits per heavy atom. The molecule has 0 rings (SSSR count). The van der Waals surface area contributed by atoms with Crippen molar-refractivity contribution in [2.24, 2.45) is 0 Å². The van der Waals surface area contributed by atoms with Crippen LogP contribution in [0, 0.1) is 6.43 Å². The van der Waals surface area contributed by atoms with Crippen molar-refractivity contribution in [2.45, 2.75) is 18.8 Å². The Morgan fingerprint density at radius 2 is 1.60 bits per heavy atom. The van der Waals surface area contributed by atoms with Gasteiger partial charge in [0.2, 0.25) is 0 Å². The van der Waals surface area contributed by atoms with Crippen LogP contribution in [0.3, 0.4) is 0 Å². The molecule has 10 heavy (non-hydrogen) atoms. The maximum atomic E-state index is 11.5. The van der Waals surface area contributed by atoms with Crippen molar-refractivity contribution in [1.82, 2.24) is 0 Å². The fraction of sp³-hybridized carbons (Fsp3) is 0.750. The average Bonchev–Trinajstić information content (AvgIpc) is 1.60. The van der Waals surface area contributed by atoms with Gasteiger partial charge >= 0.3 is 18.8 Å². The lowest BCUT2D eigenvalue weighted by Crippen LogP contribution is -2.27. The third-order valence-electron chi connectivity index (χ3n) is 0.689. The molecular weight excluding hydrogens is 162 g/mol. The molecule has 0 aliphatic carbocycles. The van der Waals surface area contributed by atoms with Gasteiger partial charge in [-0.1, -0.05) is 0 Å². The molecule has 0 bridgehead atoms. The van der Waals surface area contributed by atoms with Crippen LogP contribution in [-0.2, 0) is 0 Å². The molecule has 0 aromatic rings. The average molecular weight is 165 g/mol. The zero-order valence-corrected chi connectivity index (χ0v) is 4.55. The fourth-order valence-corrected chi connectivity index (χ4v) is 0.255. The summed E-state index contributed by atoms with van der Waals surface area (Å²) in [5.41, 5.74) is 0. The van der Waals surface area contributed by atoms with E-state index in [0.29, 0.717) is 0 Å². The van der Waals surface area contributed by atoms with E-state index in [4.69, 9.17) is 0 Å². The number of alkyl halides is 4. The van der Waals surface area contributed by atoms with E-state index in [1.165, 1.54) is 0 Å². The topological polar surface area (TPSA) is 0 Å². The second-order valence-electron chi connectivity index (χ2n) is 1.58. The summed E-state index contributed by atoms with van der Waals surface area (Å²) in [6.07, 6.45) is -8.88. The monoisotopic (exact) mass is 165 g/mol. The molecule has 0 spiro atoms. The van der Waals surface area contributed by atoms with Gasteiger partial charge in [-0.15, -0.1) is 0 Å². The van der Waals surface area contributed by atoms with Crippen LogP contribution in [-0.4, -0.2) is 12.3 Å². The van der Waals surface area contributed by atoms with Crippen LogP contribution in [0.5, 0.6) is 0 Å². The van der Waals surface area contributed by atoms with Gasteiger partial charge in [0.15, 0.2) is 0 Å². The van der Waals surface area contributed by atoms with Crippen molar-refractivity contribution in [2.75, 3.05) is 0 Å². The smallest absolute Gasteiger partial charge is 0.204 e. The summed E-state index contributed by atoms with van der Waals surface area (Å²) in [6, 6.07) is 0. The van der Waals surface area contributed by atoms with Gasteiger partial charge in [-0.25, -0.2) is 17.6 Å². The van der Waals surface area contributed by atoms with E-state index in [9.17, 15) is 26.3 Å². The Balaban J connectivity index is 3.87. The quantitative estimate of drug-likeness (QED) is 0.564. The minimum atomic E-state index is -4.60. The molecule has 0 saturated carbocycles. The van der Waals surface area contributed by atoms with Gasteiger partial charge in [0.05, 0.1) is 6.42 Å². The molecule has 0 fully saturated rings. The maximum Gasteiger partial charge on any atom is 0.316 e. The highest BCUT2D eigenvalue weighted by atomic mass is 19.3. The predicted octanol–water partition coefficient (Wildman–Crippen LogP) is 2.71. The first-order chi connectivity index (χ1) is 4.36. The lowest BCUT2D eigenvalue weighted by molar-refractivity contribution is -0.139. The van der Waals surface area contributed by atoms with Gasteiger partial charge in [0.1, 0.15) is 0 Å². The van der Waals surface area contributed by atoms with E-state index in [1.54, 1.807) is 0 Å². The second-order valence-corrected chi connectivity index (χ2v) is 1.58. The van der Waals surface area contributed by atoms with Crippen molar-refractivity contribution in [1.29, 1.82) is 0 Å². The van der Waals surface area contributed by atoms with Crippen molar-refractivity contribution >= 4 is 0 Å². The summed E-state index contributed by atoms with van der Waals surface area (Å²) in [7, 11) is 0. The fourth-order valence-electron chi connectivity index (χ4n) is 0.255. The van der Waals surface area contributed by atoms with Gasteiger partial charge < -0.3 is 0 Å². The molecule has 0 amide bonds. The van der Waals surface area contributed by atoms with Crippen LogP contribution in [0.2, 0.25) is 0 Å². The highest BCUT2D eigenvalue weighted by molar-refractivity contribution is 4.77. The van der Waals surface area contributed by atoms with Crippen LogP contribution in [0.25, 0.3) is 0 Å². The highest BCUT2D eigenvalue weighted by Crippen LogP contribution is 2.31. The van der Waals surface area contributed by atoms with Crippen LogP contribution in [0.4, 0.5) is 26.3 Å². The summed E-state index contributed by atoms with van der Waals surface area (Å²) in [5.74, 6) is -4.60. The molecule has 0 N–H and O–H groups in total. The molecule has 6 heteroatoms. The van der Waals surface area contributed by atoms with E-state index >= 15 is 0 Å². The molecule has 0 aliphatic heterocycles. The highest BCUT2D eigenvalue weighted by Gasteiger charge is 2.43. The molecule has 0 nitrogen and oxygen atoms in total. The Kier molecular flexibility index (Phi) is 2.98. The van der Waals surface area contributed by atoms with Gasteiger partial charge in [-0.2, -0.15) is 8.78 Å². The van der Waals surface area contributed by atoms with Gasteiger partial charge in [0.25, 0.3) is 0 Å². The minimum absolute atomic E-state index is 2.16. The van der Waals surface area contributed by atoms with Crippen LogP contribution in [0.15, 0.2) is 0 Å². The normalized spacial score (nSPS) is 13.2. The molecule has 0 unspecified atom stereocenters. The van der Waals surface area contributed by atoms with Crippen molar-refractivity contribution < 1.29 is 26.3 Å². The van der Waals surface area contributed by atoms with Crippen molar-refractivity contribution in [3.63, 3.8) is 0 Å². The first-order valence-electron chi connectivity index (χ1n) is 2.19. The third kappa shape index (κ3) is 2.93. The van der Waals surface area contributed by atoms with E-state index in [0.717, 1.165) is 0 Å². The Morgan fingerprint density at radius 3 is 1.70 bits per heavy atom. The van der Waals surface area contributed by atoms with E-state index in [2.05, 4.69) is 0 Å². The second kappa shape index (κ2) is 3.12. The van der Waals surface area contributed by atoms with Crippen molar-refractivity contribution in [3.8, 4) is 0 Å². The summed E-state index contributed by atoms with van der Waals surface area (Å²) in [4.78, 5) is 0. The molecule has 1 radical (unpaired) electrons.